The van der Waals surface area contributed by atoms with Crippen molar-refractivity contribution in [3.8, 4) is 5.75 Å². The number of fused-ring (bicyclic) bond motifs is 2. The Morgan fingerprint density at radius 1 is 1.25 bits per heavy atom. The highest BCUT2D eigenvalue weighted by Gasteiger charge is 2.58. The monoisotopic (exact) mass is 441 g/mol. The molecule has 1 atom stereocenters. The van der Waals surface area contributed by atoms with Crippen LogP contribution in [0.2, 0.25) is 0 Å². The number of methoxy groups -OCH3 is 1. The normalized spacial score (nSPS) is 23.3. The fourth-order valence-corrected chi connectivity index (χ4v) is 5.60. The van der Waals surface area contributed by atoms with Gasteiger partial charge in [0.25, 0.3) is 0 Å². The molecule has 2 aromatic heterocycles. The first kappa shape index (κ1) is 18.1. The highest BCUT2D eigenvalue weighted by molar-refractivity contribution is 9.10. The lowest BCUT2D eigenvalue weighted by Gasteiger charge is -2.46. The lowest BCUT2D eigenvalue weighted by molar-refractivity contribution is 0.118. The van der Waals surface area contributed by atoms with Crippen molar-refractivity contribution in [2.45, 2.75) is 31.7 Å². The Morgan fingerprint density at radius 3 is 2.79 bits per heavy atom. The summed E-state index contributed by atoms with van der Waals surface area (Å²) in [7, 11) is 1.71. The van der Waals surface area contributed by atoms with Crippen LogP contribution in [0.25, 0.3) is 5.52 Å². The number of halogens is 1. The van der Waals surface area contributed by atoms with Gasteiger partial charge in [0.05, 0.1) is 35.8 Å². The lowest BCUT2D eigenvalue weighted by Crippen LogP contribution is -2.55. The van der Waals surface area contributed by atoms with Gasteiger partial charge >= 0.3 is 0 Å². The number of nitrogens with zero attached hydrogens (tertiary/aromatic N) is 3. The third-order valence-electron chi connectivity index (χ3n) is 6.69. The molecule has 1 aliphatic carbocycles. The second kappa shape index (κ2) is 6.27. The van der Waals surface area contributed by atoms with Crippen LogP contribution in [0.1, 0.15) is 35.4 Å². The Labute approximate surface area is 172 Å². The van der Waals surface area contributed by atoms with Crippen LogP contribution < -0.4 is 15.8 Å². The number of nitrogens with one attached hydrogen (secondary N) is 1. The second-order valence-electron chi connectivity index (χ2n) is 8.00. The zero-order chi connectivity index (χ0) is 19.5. The van der Waals surface area contributed by atoms with Crippen molar-refractivity contribution >= 4 is 21.4 Å². The second-order valence-corrected chi connectivity index (χ2v) is 8.75. The summed E-state index contributed by atoms with van der Waals surface area (Å²) in [5, 5.41) is 8.00. The molecule has 146 valence electrons. The van der Waals surface area contributed by atoms with Crippen molar-refractivity contribution < 1.29 is 4.74 Å². The zero-order valence-electron chi connectivity index (χ0n) is 16.1. The van der Waals surface area contributed by atoms with Crippen molar-refractivity contribution in [1.82, 2.24) is 19.9 Å². The molecule has 1 spiro atoms. The van der Waals surface area contributed by atoms with Crippen molar-refractivity contribution in [2.24, 2.45) is 11.1 Å². The molecule has 0 amide bonds. The number of rotatable bonds is 2. The van der Waals surface area contributed by atoms with Crippen LogP contribution in [-0.4, -0.2) is 34.8 Å². The smallest absolute Gasteiger partial charge is 0.129 e. The molecule has 0 bridgehead atoms. The molecular formula is C21H24BrN5O. The van der Waals surface area contributed by atoms with Gasteiger partial charge in [-0.15, -0.1) is 0 Å². The van der Waals surface area contributed by atoms with Crippen molar-refractivity contribution in [3.05, 3.63) is 57.6 Å². The van der Waals surface area contributed by atoms with E-state index in [0.29, 0.717) is 0 Å². The van der Waals surface area contributed by atoms with Crippen LogP contribution in [-0.2, 0) is 12.0 Å². The largest absolute Gasteiger partial charge is 0.497 e. The average Bonchev–Trinajstić information content (AvgIpc) is 3.28. The van der Waals surface area contributed by atoms with E-state index in [4.69, 9.17) is 15.5 Å². The van der Waals surface area contributed by atoms with Gasteiger partial charge < -0.3 is 15.8 Å². The number of benzene rings is 1. The molecule has 5 rings (SSSR count). The van der Waals surface area contributed by atoms with E-state index in [0.717, 1.165) is 65.2 Å². The van der Waals surface area contributed by atoms with Crippen LogP contribution in [0.3, 0.4) is 0 Å². The summed E-state index contributed by atoms with van der Waals surface area (Å²) in [5.41, 5.74) is 11.9. The average molecular weight is 442 g/mol. The number of nitrogens with two attached hydrogens (primary N) is 1. The topological polar surface area (TPSA) is 77.5 Å². The molecule has 3 N–H and O–H groups in total. The van der Waals surface area contributed by atoms with Gasteiger partial charge in [-0.3, -0.25) is 4.98 Å². The zero-order valence-corrected chi connectivity index (χ0v) is 17.7. The van der Waals surface area contributed by atoms with Crippen molar-refractivity contribution in [1.29, 1.82) is 0 Å². The molecule has 1 fully saturated rings. The van der Waals surface area contributed by atoms with Gasteiger partial charge in [0, 0.05) is 5.41 Å². The van der Waals surface area contributed by atoms with Crippen LogP contribution in [0.5, 0.6) is 5.75 Å². The Bertz CT molecular complexity index is 1070. The van der Waals surface area contributed by atoms with Gasteiger partial charge in [0.2, 0.25) is 0 Å². The summed E-state index contributed by atoms with van der Waals surface area (Å²) < 4.78 is 8.27. The van der Waals surface area contributed by atoms with Gasteiger partial charge in [-0.05, 0) is 84.5 Å². The Morgan fingerprint density at radius 2 is 2.04 bits per heavy atom. The highest BCUT2D eigenvalue weighted by atomic mass is 79.9. The molecule has 3 aromatic rings. The van der Waals surface area contributed by atoms with E-state index in [1.165, 1.54) is 5.56 Å². The van der Waals surface area contributed by atoms with E-state index in [1.807, 2.05) is 29.8 Å². The molecule has 6 nitrogen and oxygen atoms in total. The van der Waals surface area contributed by atoms with Crippen LogP contribution >= 0.6 is 15.9 Å². The van der Waals surface area contributed by atoms with E-state index < -0.39 is 5.54 Å². The number of piperidine rings is 1. The van der Waals surface area contributed by atoms with Gasteiger partial charge in [0.1, 0.15) is 10.4 Å². The van der Waals surface area contributed by atoms with Crippen LogP contribution in [0.4, 0.5) is 0 Å². The molecule has 7 heteroatoms. The lowest BCUT2D eigenvalue weighted by atomic mass is 9.63. The minimum Gasteiger partial charge on any atom is -0.497 e. The summed E-state index contributed by atoms with van der Waals surface area (Å²) in [6.45, 7) is 3.93. The number of aromatic nitrogens is 3. The Hall–Kier alpha value is -1.96. The molecule has 0 unspecified atom stereocenters. The number of aryl methyl sites for hydroxylation is 1. The predicted molar refractivity (Wildman–Crippen MR) is 112 cm³/mol. The Balaban J connectivity index is 1.83. The first-order valence-corrected chi connectivity index (χ1v) is 10.5. The fraction of sp³-hybridized carbons (Fsp3) is 0.429. The van der Waals surface area contributed by atoms with Gasteiger partial charge in [-0.1, -0.05) is 6.07 Å². The van der Waals surface area contributed by atoms with Crippen LogP contribution in [0.15, 0.2) is 35.1 Å². The van der Waals surface area contributed by atoms with Gasteiger partial charge in [-0.2, -0.15) is 5.10 Å². The summed E-state index contributed by atoms with van der Waals surface area (Å²) in [5.74, 6) is 0.876. The minimum absolute atomic E-state index is 0.0784. The molecule has 3 heterocycles. The maximum atomic E-state index is 7.45. The molecule has 0 radical (unpaired) electrons. The van der Waals surface area contributed by atoms with E-state index in [-0.39, 0.29) is 5.41 Å². The van der Waals surface area contributed by atoms with Crippen molar-refractivity contribution in [2.75, 3.05) is 20.2 Å². The number of ether oxygens (including phenoxy) is 1. The quantitative estimate of drug-likeness (QED) is 0.638. The summed E-state index contributed by atoms with van der Waals surface area (Å²) >= 11 is 3.63. The van der Waals surface area contributed by atoms with Crippen LogP contribution in [0, 0.1) is 12.3 Å². The van der Waals surface area contributed by atoms with Crippen molar-refractivity contribution in [3.63, 3.8) is 0 Å². The standard InChI is InChI=1S/C21H24BrN5O/c1-13-19(22)27-17(5-8-25-27)18(26-13)21(23)16-4-3-15(28-2)11-14(16)12-20(21)6-9-24-10-7-20/h3-5,8,11,24H,6-7,9-10,12,23H2,1-2H3/t21-/m1/s1. The van der Waals surface area contributed by atoms with Gasteiger partial charge in [0.15, 0.2) is 0 Å². The molecule has 1 aromatic carbocycles. The maximum Gasteiger partial charge on any atom is 0.129 e. The molecule has 0 saturated carbocycles. The van der Waals surface area contributed by atoms with E-state index >= 15 is 0 Å². The highest BCUT2D eigenvalue weighted by Crippen LogP contribution is 2.57. The molecule has 2 aliphatic rings. The summed E-state index contributed by atoms with van der Waals surface area (Å²) in [4.78, 5) is 5.03. The van der Waals surface area contributed by atoms with E-state index in [2.05, 4.69) is 38.5 Å². The number of hydrogen-bond acceptors (Lipinski definition) is 5. The molecule has 28 heavy (non-hydrogen) atoms. The molecular weight excluding hydrogens is 418 g/mol. The number of hydrogen-bond donors (Lipinski definition) is 2. The molecule has 1 aliphatic heterocycles. The third-order valence-corrected chi connectivity index (χ3v) is 7.60. The third kappa shape index (κ3) is 2.27. The first-order chi connectivity index (χ1) is 13.5. The Kier molecular flexibility index (Phi) is 4.05. The summed E-state index contributed by atoms with van der Waals surface area (Å²) in [6, 6.07) is 8.31. The van der Waals surface area contributed by atoms with E-state index in [9.17, 15) is 0 Å². The van der Waals surface area contributed by atoms with E-state index in [1.54, 1.807) is 7.11 Å². The SMILES string of the molecule is COc1ccc2c(c1)CC1(CCNCC1)[C@]2(N)c1nc(C)c(Br)n2nccc12. The first-order valence-electron chi connectivity index (χ1n) is 9.67. The van der Waals surface area contributed by atoms with Gasteiger partial charge in [-0.25, -0.2) is 4.52 Å². The maximum absolute atomic E-state index is 7.45. The fourth-order valence-electron chi connectivity index (χ4n) is 5.23. The predicted octanol–water partition coefficient (Wildman–Crippen LogP) is 2.94. The molecule has 1 saturated heterocycles. The summed E-state index contributed by atoms with van der Waals surface area (Å²) in [6.07, 6.45) is 4.77. The minimum atomic E-state index is -0.677.